The summed E-state index contributed by atoms with van der Waals surface area (Å²) in [5, 5.41) is 2.30. The van der Waals surface area contributed by atoms with E-state index in [1.807, 2.05) is 13.0 Å². The number of hydrogen-bond donors (Lipinski definition) is 1. The second-order valence-corrected chi connectivity index (χ2v) is 5.19. The maximum atomic E-state index is 12.6. The number of aryl methyl sites for hydroxylation is 1. The molecule has 0 fully saturated rings. The van der Waals surface area contributed by atoms with E-state index in [-0.39, 0.29) is 5.82 Å². The van der Waals surface area contributed by atoms with E-state index in [1.165, 1.54) is 0 Å². The SMILES string of the molecule is Cc1ccc(Nc2cc(C(F)(F)F)nc(Cl)n2)cc1Br. The number of alkyl halides is 3. The first-order valence-corrected chi connectivity index (χ1v) is 6.58. The lowest BCUT2D eigenvalue weighted by atomic mass is 10.2. The van der Waals surface area contributed by atoms with Crippen LogP contribution < -0.4 is 5.32 Å². The van der Waals surface area contributed by atoms with Crippen LogP contribution in [0.25, 0.3) is 0 Å². The average molecular weight is 367 g/mol. The van der Waals surface area contributed by atoms with Crippen molar-refractivity contribution in [3.05, 3.63) is 45.3 Å². The van der Waals surface area contributed by atoms with Gasteiger partial charge in [-0.3, -0.25) is 0 Å². The quantitative estimate of drug-likeness (QED) is 0.763. The molecule has 2 aromatic rings. The fourth-order valence-corrected chi connectivity index (χ4v) is 2.01. The highest BCUT2D eigenvalue weighted by molar-refractivity contribution is 9.10. The number of nitrogens with zero attached hydrogens (tertiary/aromatic N) is 2. The van der Waals surface area contributed by atoms with Gasteiger partial charge in [0, 0.05) is 16.2 Å². The molecule has 1 aromatic carbocycles. The molecule has 0 saturated carbocycles. The van der Waals surface area contributed by atoms with E-state index in [4.69, 9.17) is 11.6 Å². The van der Waals surface area contributed by atoms with E-state index in [9.17, 15) is 13.2 Å². The van der Waals surface area contributed by atoms with Gasteiger partial charge in [-0.15, -0.1) is 0 Å². The van der Waals surface area contributed by atoms with Crippen LogP contribution in [0.5, 0.6) is 0 Å². The van der Waals surface area contributed by atoms with Gasteiger partial charge in [-0.25, -0.2) is 9.97 Å². The molecule has 0 aliphatic rings. The highest BCUT2D eigenvalue weighted by Crippen LogP contribution is 2.30. The lowest BCUT2D eigenvalue weighted by Gasteiger charge is -2.10. The maximum absolute atomic E-state index is 12.6. The number of halogens is 5. The van der Waals surface area contributed by atoms with Crippen LogP contribution in [0.2, 0.25) is 5.28 Å². The second kappa shape index (κ2) is 5.57. The van der Waals surface area contributed by atoms with Gasteiger partial charge in [0.15, 0.2) is 5.69 Å². The van der Waals surface area contributed by atoms with Gasteiger partial charge in [0.2, 0.25) is 5.28 Å². The largest absolute Gasteiger partial charge is 0.433 e. The van der Waals surface area contributed by atoms with Crippen molar-refractivity contribution >= 4 is 39.0 Å². The van der Waals surface area contributed by atoms with Crippen LogP contribution in [0.4, 0.5) is 24.7 Å². The van der Waals surface area contributed by atoms with Gasteiger partial charge >= 0.3 is 6.18 Å². The van der Waals surface area contributed by atoms with Crippen LogP contribution in [0.15, 0.2) is 28.7 Å². The van der Waals surface area contributed by atoms with Crippen molar-refractivity contribution < 1.29 is 13.2 Å². The van der Waals surface area contributed by atoms with Crippen molar-refractivity contribution in [2.24, 2.45) is 0 Å². The third kappa shape index (κ3) is 3.61. The Hall–Kier alpha value is -1.34. The normalized spacial score (nSPS) is 11.5. The molecule has 0 bridgehead atoms. The minimum Gasteiger partial charge on any atom is -0.340 e. The summed E-state index contributed by atoms with van der Waals surface area (Å²) in [6.45, 7) is 1.90. The Labute approximate surface area is 126 Å². The van der Waals surface area contributed by atoms with Gasteiger partial charge in [0.1, 0.15) is 5.82 Å². The standard InChI is InChI=1S/C12H8BrClF3N3/c1-6-2-3-7(4-8(6)13)18-10-5-9(12(15,16)17)19-11(14)20-10/h2-5H,1H3,(H,18,19,20). The molecule has 8 heteroatoms. The smallest absolute Gasteiger partial charge is 0.340 e. The number of benzene rings is 1. The first-order valence-electron chi connectivity index (χ1n) is 5.40. The molecule has 106 valence electrons. The third-order valence-corrected chi connectivity index (χ3v) is 3.46. The minimum atomic E-state index is -4.57. The van der Waals surface area contributed by atoms with Crippen molar-refractivity contribution in [1.29, 1.82) is 0 Å². The topological polar surface area (TPSA) is 37.8 Å². The van der Waals surface area contributed by atoms with Gasteiger partial charge in [-0.1, -0.05) is 22.0 Å². The molecule has 0 aliphatic heterocycles. The molecule has 1 N–H and O–H groups in total. The molecule has 0 amide bonds. The summed E-state index contributed by atoms with van der Waals surface area (Å²) in [7, 11) is 0. The van der Waals surface area contributed by atoms with Gasteiger partial charge in [0.25, 0.3) is 0 Å². The van der Waals surface area contributed by atoms with E-state index in [1.54, 1.807) is 12.1 Å². The Balaban J connectivity index is 2.33. The predicted octanol–water partition coefficient (Wildman–Crippen LogP) is 4.96. The average Bonchev–Trinajstić information content (AvgIpc) is 2.32. The lowest BCUT2D eigenvalue weighted by Crippen LogP contribution is -2.10. The zero-order valence-corrected chi connectivity index (χ0v) is 12.4. The Morgan fingerprint density at radius 1 is 1.20 bits per heavy atom. The zero-order valence-electron chi connectivity index (χ0n) is 10.1. The third-order valence-electron chi connectivity index (χ3n) is 2.43. The molecular weight excluding hydrogens is 359 g/mol. The minimum absolute atomic E-state index is 0.0203. The summed E-state index contributed by atoms with van der Waals surface area (Å²) in [5.74, 6) is -0.0203. The molecule has 1 heterocycles. The Morgan fingerprint density at radius 2 is 1.90 bits per heavy atom. The fraction of sp³-hybridized carbons (Fsp3) is 0.167. The van der Waals surface area contributed by atoms with Gasteiger partial charge in [0.05, 0.1) is 0 Å². The van der Waals surface area contributed by atoms with E-state index >= 15 is 0 Å². The van der Waals surface area contributed by atoms with Crippen molar-refractivity contribution in [3.63, 3.8) is 0 Å². The highest BCUT2D eigenvalue weighted by Gasteiger charge is 2.33. The number of hydrogen-bond acceptors (Lipinski definition) is 3. The second-order valence-electron chi connectivity index (χ2n) is 3.99. The summed E-state index contributed by atoms with van der Waals surface area (Å²) in [6.07, 6.45) is -4.57. The molecule has 0 unspecified atom stereocenters. The van der Waals surface area contributed by atoms with Gasteiger partial charge in [-0.05, 0) is 36.2 Å². The highest BCUT2D eigenvalue weighted by atomic mass is 79.9. The molecule has 0 aliphatic carbocycles. The van der Waals surface area contributed by atoms with Crippen LogP contribution in [-0.4, -0.2) is 9.97 Å². The van der Waals surface area contributed by atoms with Crippen LogP contribution >= 0.6 is 27.5 Å². The molecule has 2 rings (SSSR count). The first-order chi connectivity index (χ1) is 9.25. The summed E-state index contributed by atoms with van der Waals surface area (Å²) in [6, 6.07) is 6.08. The first kappa shape index (κ1) is 15.1. The number of rotatable bonds is 2. The Kier molecular flexibility index (Phi) is 4.19. The van der Waals surface area contributed by atoms with Gasteiger partial charge < -0.3 is 5.32 Å². The molecule has 20 heavy (non-hydrogen) atoms. The van der Waals surface area contributed by atoms with Crippen molar-refractivity contribution in [3.8, 4) is 0 Å². The van der Waals surface area contributed by atoms with Crippen molar-refractivity contribution in [2.45, 2.75) is 13.1 Å². The fourth-order valence-electron chi connectivity index (χ4n) is 1.45. The summed E-state index contributed by atoms with van der Waals surface area (Å²) < 4.78 is 38.7. The monoisotopic (exact) mass is 365 g/mol. The van der Waals surface area contributed by atoms with E-state index in [0.29, 0.717) is 5.69 Å². The van der Waals surface area contributed by atoms with Gasteiger partial charge in [-0.2, -0.15) is 13.2 Å². The number of anilines is 2. The van der Waals surface area contributed by atoms with Crippen LogP contribution in [0.3, 0.4) is 0 Å². The molecule has 0 saturated heterocycles. The predicted molar refractivity (Wildman–Crippen MR) is 74.2 cm³/mol. The molecule has 3 nitrogen and oxygen atoms in total. The van der Waals surface area contributed by atoms with Crippen LogP contribution in [0.1, 0.15) is 11.3 Å². The van der Waals surface area contributed by atoms with Crippen LogP contribution in [-0.2, 0) is 6.18 Å². The van der Waals surface area contributed by atoms with Crippen molar-refractivity contribution in [1.82, 2.24) is 9.97 Å². The molecule has 0 radical (unpaired) electrons. The number of nitrogens with one attached hydrogen (secondary N) is 1. The van der Waals surface area contributed by atoms with E-state index in [2.05, 4.69) is 31.2 Å². The Morgan fingerprint density at radius 3 is 2.50 bits per heavy atom. The van der Waals surface area contributed by atoms with E-state index in [0.717, 1.165) is 16.1 Å². The molecule has 0 atom stereocenters. The summed E-state index contributed by atoms with van der Waals surface area (Å²) in [4.78, 5) is 6.88. The molecule has 1 aromatic heterocycles. The van der Waals surface area contributed by atoms with Crippen LogP contribution in [0, 0.1) is 6.92 Å². The number of aromatic nitrogens is 2. The lowest BCUT2D eigenvalue weighted by molar-refractivity contribution is -0.141. The maximum Gasteiger partial charge on any atom is 0.433 e. The summed E-state index contributed by atoms with van der Waals surface area (Å²) in [5.41, 5.74) is 0.504. The Bertz CT molecular complexity index is 646. The van der Waals surface area contributed by atoms with Crippen molar-refractivity contribution in [2.75, 3.05) is 5.32 Å². The zero-order chi connectivity index (χ0) is 14.9. The molecular formula is C12H8BrClF3N3. The molecule has 0 spiro atoms. The van der Waals surface area contributed by atoms with E-state index < -0.39 is 17.2 Å². The summed E-state index contributed by atoms with van der Waals surface area (Å²) >= 11 is 8.85.